The van der Waals surface area contributed by atoms with Crippen molar-refractivity contribution >= 4 is 28.5 Å². The van der Waals surface area contributed by atoms with Crippen molar-refractivity contribution in [2.75, 3.05) is 18.4 Å². The molecule has 2 N–H and O–H groups in total. The molecule has 0 saturated carbocycles. The molecule has 0 bridgehead atoms. The van der Waals surface area contributed by atoms with Gasteiger partial charge in [-0.25, -0.2) is 9.78 Å². The highest BCUT2D eigenvalue weighted by Crippen LogP contribution is 2.11. The molecule has 0 aliphatic heterocycles. The fourth-order valence-corrected chi connectivity index (χ4v) is 1.74. The van der Waals surface area contributed by atoms with E-state index in [9.17, 15) is 9.59 Å². The Kier molecular flexibility index (Phi) is 4.89. The van der Waals surface area contributed by atoms with Crippen LogP contribution in [0.15, 0.2) is 11.6 Å². The fraction of sp³-hybridized carbons (Fsp3) is 0.500. The van der Waals surface area contributed by atoms with E-state index in [0.717, 1.165) is 0 Å². The maximum Gasteiger partial charge on any atom is 0.323 e. The van der Waals surface area contributed by atoms with E-state index >= 15 is 0 Å². The summed E-state index contributed by atoms with van der Waals surface area (Å²) < 4.78 is 0. The molecule has 0 aliphatic carbocycles. The molecule has 1 heterocycles. The summed E-state index contributed by atoms with van der Waals surface area (Å²) in [5.74, 6) is -1.50. The van der Waals surface area contributed by atoms with Gasteiger partial charge < -0.3 is 10.0 Å². The SMILES string of the molecule is CCN(CC(C)C(=O)O)C(=O)Nc1nccs1. The van der Waals surface area contributed by atoms with Crippen LogP contribution in [0.25, 0.3) is 0 Å². The third-order valence-electron chi connectivity index (χ3n) is 2.23. The van der Waals surface area contributed by atoms with Gasteiger partial charge in [-0.1, -0.05) is 6.92 Å². The number of nitrogens with zero attached hydrogens (tertiary/aromatic N) is 2. The van der Waals surface area contributed by atoms with Crippen LogP contribution in [0.5, 0.6) is 0 Å². The molecule has 0 aromatic carbocycles. The first-order chi connectivity index (χ1) is 8.04. The molecular formula is C10H15N3O3S. The Morgan fingerprint density at radius 2 is 2.35 bits per heavy atom. The van der Waals surface area contributed by atoms with Gasteiger partial charge in [0.1, 0.15) is 0 Å². The molecular weight excluding hydrogens is 242 g/mol. The van der Waals surface area contributed by atoms with Crippen molar-refractivity contribution in [3.05, 3.63) is 11.6 Å². The number of nitrogens with one attached hydrogen (secondary N) is 1. The maximum absolute atomic E-state index is 11.8. The third kappa shape index (κ3) is 4.03. The molecule has 0 aliphatic rings. The predicted octanol–water partition coefficient (Wildman–Crippen LogP) is 1.72. The van der Waals surface area contributed by atoms with Gasteiger partial charge in [0, 0.05) is 24.7 Å². The largest absolute Gasteiger partial charge is 0.481 e. The van der Waals surface area contributed by atoms with Gasteiger partial charge in [-0.3, -0.25) is 10.1 Å². The third-order valence-corrected chi connectivity index (χ3v) is 2.92. The summed E-state index contributed by atoms with van der Waals surface area (Å²) in [4.78, 5) is 27.9. The molecule has 0 saturated heterocycles. The summed E-state index contributed by atoms with van der Waals surface area (Å²) in [5.41, 5.74) is 0. The summed E-state index contributed by atoms with van der Waals surface area (Å²) in [6, 6.07) is -0.324. The Morgan fingerprint density at radius 1 is 1.65 bits per heavy atom. The van der Waals surface area contributed by atoms with E-state index in [1.54, 1.807) is 25.4 Å². The number of aromatic nitrogens is 1. The van der Waals surface area contributed by atoms with Crippen molar-refractivity contribution in [2.45, 2.75) is 13.8 Å². The van der Waals surface area contributed by atoms with E-state index in [4.69, 9.17) is 5.11 Å². The second-order valence-electron chi connectivity index (χ2n) is 3.55. The summed E-state index contributed by atoms with van der Waals surface area (Å²) in [5, 5.41) is 13.7. The number of carbonyl (C=O) groups excluding carboxylic acids is 1. The van der Waals surface area contributed by atoms with Crippen LogP contribution in [0.1, 0.15) is 13.8 Å². The number of carbonyl (C=O) groups is 2. The molecule has 1 aromatic heterocycles. The van der Waals surface area contributed by atoms with E-state index in [0.29, 0.717) is 11.7 Å². The molecule has 1 atom stereocenters. The zero-order chi connectivity index (χ0) is 12.8. The lowest BCUT2D eigenvalue weighted by atomic mass is 10.2. The lowest BCUT2D eigenvalue weighted by Crippen LogP contribution is -2.39. The van der Waals surface area contributed by atoms with Crippen LogP contribution in [0, 0.1) is 5.92 Å². The number of urea groups is 1. The number of hydrogen-bond donors (Lipinski definition) is 2. The fourth-order valence-electron chi connectivity index (χ4n) is 1.22. The summed E-state index contributed by atoms with van der Waals surface area (Å²) in [7, 11) is 0. The molecule has 7 heteroatoms. The van der Waals surface area contributed by atoms with Gasteiger partial charge in [0.25, 0.3) is 0 Å². The maximum atomic E-state index is 11.8. The van der Waals surface area contributed by atoms with E-state index in [1.165, 1.54) is 16.2 Å². The van der Waals surface area contributed by atoms with Crippen LogP contribution in [0.2, 0.25) is 0 Å². The average molecular weight is 257 g/mol. The molecule has 1 aromatic rings. The number of amides is 2. The minimum Gasteiger partial charge on any atom is -0.481 e. The van der Waals surface area contributed by atoms with Crippen LogP contribution in [0.4, 0.5) is 9.93 Å². The van der Waals surface area contributed by atoms with Crippen LogP contribution in [-0.4, -0.2) is 40.1 Å². The van der Waals surface area contributed by atoms with Gasteiger partial charge in [0.2, 0.25) is 0 Å². The summed E-state index contributed by atoms with van der Waals surface area (Å²) in [6.45, 7) is 4.01. The highest BCUT2D eigenvalue weighted by molar-refractivity contribution is 7.13. The number of carboxylic acid groups (broad SMARTS) is 1. The number of carboxylic acids is 1. The van der Waals surface area contributed by atoms with Gasteiger partial charge in [-0.15, -0.1) is 11.3 Å². The number of hydrogen-bond acceptors (Lipinski definition) is 4. The number of thiazole rings is 1. The van der Waals surface area contributed by atoms with Gasteiger partial charge in [0.15, 0.2) is 5.13 Å². The molecule has 0 radical (unpaired) electrons. The zero-order valence-corrected chi connectivity index (χ0v) is 10.5. The lowest BCUT2D eigenvalue weighted by molar-refractivity contribution is -0.141. The molecule has 94 valence electrons. The van der Waals surface area contributed by atoms with Crippen molar-refractivity contribution in [3.8, 4) is 0 Å². The van der Waals surface area contributed by atoms with E-state index < -0.39 is 11.9 Å². The van der Waals surface area contributed by atoms with Crippen molar-refractivity contribution < 1.29 is 14.7 Å². The topological polar surface area (TPSA) is 82.5 Å². The highest BCUT2D eigenvalue weighted by atomic mass is 32.1. The number of aliphatic carboxylic acids is 1. The Bertz CT molecular complexity index is 380. The van der Waals surface area contributed by atoms with Crippen molar-refractivity contribution in [2.24, 2.45) is 5.92 Å². The second kappa shape index (κ2) is 6.19. The zero-order valence-electron chi connectivity index (χ0n) is 9.71. The first-order valence-electron chi connectivity index (χ1n) is 5.22. The van der Waals surface area contributed by atoms with E-state index in [1.807, 2.05) is 0 Å². The quantitative estimate of drug-likeness (QED) is 0.841. The molecule has 6 nitrogen and oxygen atoms in total. The molecule has 0 spiro atoms. The van der Waals surface area contributed by atoms with E-state index in [2.05, 4.69) is 10.3 Å². The Hall–Kier alpha value is -1.63. The molecule has 1 unspecified atom stereocenters. The van der Waals surface area contributed by atoms with Crippen molar-refractivity contribution in [1.82, 2.24) is 9.88 Å². The number of anilines is 1. The molecule has 2 amide bonds. The monoisotopic (exact) mass is 257 g/mol. The lowest BCUT2D eigenvalue weighted by Gasteiger charge is -2.22. The van der Waals surface area contributed by atoms with Crippen LogP contribution in [-0.2, 0) is 4.79 Å². The summed E-state index contributed by atoms with van der Waals surface area (Å²) >= 11 is 1.32. The Labute approximate surface area is 103 Å². The first kappa shape index (κ1) is 13.4. The minimum atomic E-state index is -0.912. The Morgan fingerprint density at radius 3 is 2.82 bits per heavy atom. The van der Waals surface area contributed by atoms with Crippen molar-refractivity contribution in [1.29, 1.82) is 0 Å². The van der Waals surface area contributed by atoms with Crippen molar-refractivity contribution in [3.63, 3.8) is 0 Å². The normalized spacial score (nSPS) is 11.9. The smallest absolute Gasteiger partial charge is 0.323 e. The molecule has 0 fully saturated rings. The average Bonchev–Trinajstić information content (AvgIpc) is 2.77. The Balaban J connectivity index is 2.55. The van der Waals surface area contributed by atoms with Crippen LogP contribution >= 0.6 is 11.3 Å². The van der Waals surface area contributed by atoms with Gasteiger partial charge in [0.05, 0.1) is 5.92 Å². The van der Waals surface area contributed by atoms with Gasteiger partial charge >= 0.3 is 12.0 Å². The highest BCUT2D eigenvalue weighted by Gasteiger charge is 2.19. The second-order valence-corrected chi connectivity index (χ2v) is 4.44. The van der Waals surface area contributed by atoms with Crippen LogP contribution < -0.4 is 5.32 Å². The van der Waals surface area contributed by atoms with E-state index in [-0.39, 0.29) is 12.6 Å². The van der Waals surface area contributed by atoms with Crippen LogP contribution in [0.3, 0.4) is 0 Å². The molecule has 1 rings (SSSR count). The standard InChI is InChI=1S/C10H15N3O3S/c1-3-13(6-7(2)8(14)15)10(16)12-9-11-4-5-17-9/h4-5,7H,3,6H2,1-2H3,(H,14,15)(H,11,12,16). The van der Waals surface area contributed by atoms with Gasteiger partial charge in [-0.05, 0) is 6.92 Å². The van der Waals surface area contributed by atoms with Gasteiger partial charge in [-0.2, -0.15) is 0 Å². The summed E-state index contributed by atoms with van der Waals surface area (Å²) in [6.07, 6.45) is 1.59. The first-order valence-corrected chi connectivity index (χ1v) is 6.10. The number of rotatable bonds is 5. The predicted molar refractivity (Wildman–Crippen MR) is 65.2 cm³/mol. The molecule has 17 heavy (non-hydrogen) atoms. The minimum absolute atomic E-state index is 0.184.